The zero-order chi connectivity index (χ0) is 12.3. The van der Waals surface area contributed by atoms with E-state index in [9.17, 15) is 5.11 Å². The highest BCUT2D eigenvalue weighted by molar-refractivity contribution is 5.25. The second kappa shape index (κ2) is 5.11. The third-order valence-corrected chi connectivity index (χ3v) is 2.76. The summed E-state index contributed by atoms with van der Waals surface area (Å²) in [6.07, 6.45) is 0.182. The molecule has 0 amide bonds. The minimum atomic E-state index is -0.460. The molecule has 2 rings (SSSR count). The first kappa shape index (κ1) is 11.8. The van der Waals surface area contributed by atoms with Crippen LogP contribution in [0.25, 0.3) is 0 Å². The first-order chi connectivity index (χ1) is 8.15. The first-order valence-corrected chi connectivity index (χ1v) is 5.82. The fourth-order valence-corrected chi connectivity index (χ4v) is 2.01. The van der Waals surface area contributed by atoms with Crippen molar-refractivity contribution in [2.24, 2.45) is 0 Å². The summed E-state index contributed by atoms with van der Waals surface area (Å²) in [6, 6.07) is 13.9. The van der Waals surface area contributed by atoms with E-state index in [1.165, 1.54) is 0 Å². The van der Waals surface area contributed by atoms with Crippen LogP contribution in [0.2, 0.25) is 0 Å². The Bertz CT molecular complexity index is 473. The van der Waals surface area contributed by atoms with Crippen LogP contribution >= 0.6 is 0 Å². The number of aryl methyl sites for hydroxylation is 2. The number of hydrogen-bond acceptors (Lipinski definition) is 2. The largest absolute Gasteiger partial charge is 0.388 e. The lowest BCUT2D eigenvalue weighted by molar-refractivity contribution is 0.178. The summed E-state index contributed by atoms with van der Waals surface area (Å²) in [5.41, 5.74) is 3.99. The van der Waals surface area contributed by atoms with Gasteiger partial charge in [0.1, 0.15) is 0 Å². The van der Waals surface area contributed by atoms with E-state index in [4.69, 9.17) is 0 Å². The Morgan fingerprint density at radius 2 is 1.65 bits per heavy atom. The van der Waals surface area contributed by atoms with E-state index in [0.29, 0.717) is 6.42 Å². The van der Waals surface area contributed by atoms with Crippen molar-refractivity contribution < 1.29 is 5.11 Å². The standard InChI is InChI=1S/C15H17NO/c1-11-8-14(9-12(2)16-11)15(17)10-13-6-4-3-5-7-13/h3-9,15,17H,10H2,1-2H3. The van der Waals surface area contributed by atoms with Crippen LogP contribution in [0.15, 0.2) is 42.5 Å². The van der Waals surface area contributed by atoms with Gasteiger partial charge in [-0.25, -0.2) is 0 Å². The Labute approximate surface area is 102 Å². The number of aromatic nitrogens is 1. The highest BCUT2D eigenvalue weighted by Gasteiger charge is 2.09. The van der Waals surface area contributed by atoms with Gasteiger partial charge in [-0.2, -0.15) is 0 Å². The number of nitrogens with zero attached hydrogens (tertiary/aromatic N) is 1. The lowest BCUT2D eigenvalue weighted by Gasteiger charge is -2.12. The number of benzene rings is 1. The van der Waals surface area contributed by atoms with Gasteiger partial charge >= 0.3 is 0 Å². The molecule has 0 bridgehead atoms. The molecule has 2 heteroatoms. The summed E-state index contributed by atoms with van der Waals surface area (Å²) < 4.78 is 0. The predicted molar refractivity (Wildman–Crippen MR) is 68.8 cm³/mol. The van der Waals surface area contributed by atoms with Crippen LogP contribution in [-0.4, -0.2) is 10.1 Å². The molecule has 1 N–H and O–H groups in total. The SMILES string of the molecule is Cc1cc(C(O)Cc2ccccc2)cc(C)n1. The van der Waals surface area contributed by atoms with Gasteiger partial charge in [0.15, 0.2) is 0 Å². The number of aliphatic hydroxyl groups is 1. The average molecular weight is 227 g/mol. The monoisotopic (exact) mass is 227 g/mol. The van der Waals surface area contributed by atoms with Crippen LogP contribution in [0.3, 0.4) is 0 Å². The van der Waals surface area contributed by atoms with Gasteiger partial charge in [0.25, 0.3) is 0 Å². The second-order valence-electron chi connectivity index (χ2n) is 4.39. The van der Waals surface area contributed by atoms with Crippen LogP contribution in [0, 0.1) is 13.8 Å². The molecule has 0 aliphatic rings. The molecule has 0 saturated heterocycles. The quantitative estimate of drug-likeness (QED) is 0.874. The topological polar surface area (TPSA) is 33.1 Å². The zero-order valence-corrected chi connectivity index (χ0v) is 10.2. The highest BCUT2D eigenvalue weighted by Crippen LogP contribution is 2.19. The summed E-state index contributed by atoms with van der Waals surface area (Å²) in [5, 5.41) is 10.2. The zero-order valence-electron chi connectivity index (χ0n) is 10.2. The molecule has 1 aromatic carbocycles. The van der Waals surface area contributed by atoms with Crippen molar-refractivity contribution in [1.29, 1.82) is 0 Å². The Morgan fingerprint density at radius 3 is 2.24 bits per heavy atom. The molecule has 2 aromatic rings. The van der Waals surface area contributed by atoms with Crippen molar-refractivity contribution >= 4 is 0 Å². The maximum absolute atomic E-state index is 10.2. The van der Waals surface area contributed by atoms with Crippen molar-refractivity contribution in [2.75, 3.05) is 0 Å². The van der Waals surface area contributed by atoms with Gasteiger partial charge in [-0.3, -0.25) is 4.98 Å². The molecule has 17 heavy (non-hydrogen) atoms. The second-order valence-corrected chi connectivity index (χ2v) is 4.39. The van der Waals surface area contributed by atoms with Gasteiger partial charge in [-0.15, -0.1) is 0 Å². The molecule has 0 aliphatic heterocycles. The molecule has 1 heterocycles. The minimum absolute atomic E-state index is 0.460. The Balaban J connectivity index is 2.17. The van der Waals surface area contributed by atoms with Gasteiger partial charge < -0.3 is 5.11 Å². The molecule has 0 aliphatic carbocycles. The van der Waals surface area contributed by atoms with Gasteiger partial charge in [0.05, 0.1) is 6.10 Å². The molecule has 0 saturated carbocycles. The third-order valence-electron chi connectivity index (χ3n) is 2.76. The first-order valence-electron chi connectivity index (χ1n) is 5.82. The summed E-state index contributed by atoms with van der Waals surface area (Å²) in [7, 11) is 0. The van der Waals surface area contributed by atoms with E-state index < -0.39 is 6.10 Å². The molecular weight excluding hydrogens is 210 g/mol. The molecule has 2 nitrogen and oxygen atoms in total. The van der Waals surface area contributed by atoms with Gasteiger partial charge in [-0.05, 0) is 37.1 Å². The molecule has 1 aromatic heterocycles. The van der Waals surface area contributed by atoms with Crippen LogP contribution in [0.4, 0.5) is 0 Å². The summed E-state index contributed by atoms with van der Waals surface area (Å²) >= 11 is 0. The van der Waals surface area contributed by atoms with E-state index >= 15 is 0 Å². The molecule has 0 fully saturated rings. The predicted octanol–water partition coefficient (Wildman–Crippen LogP) is 2.97. The molecule has 0 radical (unpaired) electrons. The summed E-state index contributed by atoms with van der Waals surface area (Å²) in [5.74, 6) is 0. The van der Waals surface area contributed by atoms with Crippen molar-refractivity contribution in [3.63, 3.8) is 0 Å². The lowest BCUT2D eigenvalue weighted by atomic mass is 10.0. The van der Waals surface area contributed by atoms with Gasteiger partial charge in [0.2, 0.25) is 0 Å². The maximum atomic E-state index is 10.2. The van der Waals surface area contributed by atoms with Crippen LogP contribution in [0.5, 0.6) is 0 Å². The fourth-order valence-electron chi connectivity index (χ4n) is 2.01. The smallest absolute Gasteiger partial charge is 0.0831 e. The van der Waals surface area contributed by atoms with Gasteiger partial charge in [0, 0.05) is 17.8 Å². The molecule has 1 atom stereocenters. The number of rotatable bonds is 3. The van der Waals surface area contributed by atoms with Crippen molar-refractivity contribution in [3.05, 3.63) is 65.0 Å². The molecule has 1 unspecified atom stereocenters. The van der Waals surface area contributed by atoms with Crippen molar-refractivity contribution in [3.8, 4) is 0 Å². The van der Waals surface area contributed by atoms with E-state index in [1.807, 2.05) is 56.3 Å². The normalized spacial score (nSPS) is 12.4. The molecular formula is C15H17NO. The summed E-state index contributed by atoms with van der Waals surface area (Å²) in [6.45, 7) is 3.90. The Morgan fingerprint density at radius 1 is 1.06 bits per heavy atom. The van der Waals surface area contributed by atoms with Crippen LogP contribution in [0.1, 0.15) is 28.6 Å². The third kappa shape index (κ3) is 3.14. The number of hydrogen-bond donors (Lipinski definition) is 1. The maximum Gasteiger partial charge on any atom is 0.0831 e. The fraction of sp³-hybridized carbons (Fsp3) is 0.267. The summed E-state index contributed by atoms with van der Waals surface area (Å²) in [4.78, 5) is 4.31. The van der Waals surface area contributed by atoms with Crippen molar-refractivity contribution in [2.45, 2.75) is 26.4 Å². The van der Waals surface area contributed by atoms with E-state index in [-0.39, 0.29) is 0 Å². The highest BCUT2D eigenvalue weighted by atomic mass is 16.3. The average Bonchev–Trinajstić information content (AvgIpc) is 2.29. The van der Waals surface area contributed by atoms with Crippen LogP contribution in [-0.2, 0) is 6.42 Å². The van der Waals surface area contributed by atoms with Gasteiger partial charge in [-0.1, -0.05) is 30.3 Å². The van der Waals surface area contributed by atoms with E-state index in [2.05, 4.69) is 4.98 Å². The molecule has 88 valence electrons. The van der Waals surface area contributed by atoms with Crippen LogP contribution < -0.4 is 0 Å². The minimum Gasteiger partial charge on any atom is -0.388 e. The van der Waals surface area contributed by atoms with E-state index in [1.54, 1.807) is 0 Å². The molecule has 0 spiro atoms. The number of pyridine rings is 1. The lowest BCUT2D eigenvalue weighted by Crippen LogP contribution is -2.03. The van der Waals surface area contributed by atoms with Crippen molar-refractivity contribution in [1.82, 2.24) is 4.98 Å². The Hall–Kier alpha value is -1.67. The Kier molecular flexibility index (Phi) is 3.55. The van der Waals surface area contributed by atoms with E-state index in [0.717, 1.165) is 22.5 Å². The number of aliphatic hydroxyl groups excluding tert-OH is 1.